The van der Waals surface area contributed by atoms with E-state index in [-0.39, 0.29) is 11.9 Å². The number of hydrogen-bond donors (Lipinski definition) is 1. The topological polar surface area (TPSA) is 59.2 Å². The van der Waals surface area contributed by atoms with E-state index < -0.39 is 6.04 Å². The van der Waals surface area contributed by atoms with Crippen LogP contribution in [0.5, 0.6) is 0 Å². The van der Waals surface area contributed by atoms with Crippen molar-refractivity contribution in [1.82, 2.24) is 9.88 Å². The number of carbonyl (C=O) groups excluding carboxylic acids is 1. The van der Waals surface area contributed by atoms with Crippen LogP contribution >= 0.6 is 0 Å². The fourth-order valence-electron chi connectivity index (χ4n) is 2.44. The molecule has 0 spiro atoms. The Labute approximate surface area is 108 Å². The summed E-state index contributed by atoms with van der Waals surface area (Å²) in [5.74, 6) is 0.0150. The van der Waals surface area contributed by atoms with Gasteiger partial charge in [0.15, 0.2) is 0 Å². The first kappa shape index (κ1) is 12.8. The van der Waals surface area contributed by atoms with Gasteiger partial charge in [-0.15, -0.1) is 6.58 Å². The molecule has 2 unspecified atom stereocenters. The van der Waals surface area contributed by atoms with Gasteiger partial charge >= 0.3 is 0 Å². The van der Waals surface area contributed by atoms with Gasteiger partial charge in [0.25, 0.3) is 0 Å². The van der Waals surface area contributed by atoms with Gasteiger partial charge in [0, 0.05) is 18.9 Å². The minimum Gasteiger partial charge on any atom is -0.334 e. The van der Waals surface area contributed by atoms with E-state index in [2.05, 4.69) is 11.6 Å². The van der Waals surface area contributed by atoms with Gasteiger partial charge < -0.3 is 10.6 Å². The molecule has 1 saturated heterocycles. The van der Waals surface area contributed by atoms with Crippen molar-refractivity contribution in [3.63, 3.8) is 0 Å². The molecule has 1 fully saturated rings. The van der Waals surface area contributed by atoms with Crippen LogP contribution in [0.4, 0.5) is 0 Å². The van der Waals surface area contributed by atoms with Crippen molar-refractivity contribution in [3.05, 3.63) is 42.7 Å². The Morgan fingerprint density at radius 3 is 3.22 bits per heavy atom. The molecule has 1 aliphatic rings. The lowest BCUT2D eigenvalue weighted by Crippen LogP contribution is -2.43. The van der Waals surface area contributed by atoms with E-state index in [9.17, 15) is 4.79 Å². The summed E-state index contributed by atoms with van der Waals surface area (Å²) >= 11 is 0. The van der Waals surface area contributed by atoms with Gasteiger partial charge in [0.05, 0.1) is 12.1 Å². The van der Waals surface area contributed by atoms with Crippen molar-refractivity contribution in [2.75, 3.05) is 6.54 Å². The van der Waals surface area contributed by atoms with Crippen molar-refractivity contribution in [2.45, 2.75) is 31.3 Å². The number of aromatic nitrogens is 1. The maximum atomic E-state index is 12.3. The highest BCUT2D eigenvalue weighted by atomic mass is 16.2. The van der Waals surface area contributed by atoms with Crippen LogP contribution in [-0.4, -0.2) is 28.4 Å². The zero-order valence-electron chi connectivity index (χ0n) is 10.5. The normalized spacial score (nSPS) is 20.7. The molecule has 2 N–H and O–H groups in total. The van der Waals surface area contributed by atoms with Crippen molar-refractivity contribution in [1.29, 1.82) is 0 Å². The summed E-state index contributed by atoms with van der Waals surface area (Å²) in [6.45, 7) is 4.41. The summed E-state index contributed by atoms with van der Waals surface area (Å²) < 4.78 is 0. The van der Waals surface area contributed by atoms with Crippen LogP contribution < -0.4 is 5.73 Å². The molecule has 2 heterocycles. The first-order valence-corrected chi connectivity index (χ1v) is 6.31. The quantitative estimate of drug-likeness (QED) is 0.820. The minimum absolute atomic E-state index is 0.0150. The largest absolute Gasteiger partial charge is 0.334 e. The summed E-state index contributed by atoms with van der Waals surface area (Å²) in [7, 11) is 0. The second-order valence-electron chi connectivity index (χ2n) is 4.61. The number of nitrogens with two attached hydrogens (primary N) is 1. The Balaban J connectivity index is 2.13. The third kappa shape index (κ3) is 2.59. The molecular formula is C14H19N3O. The summed E-state index contributed by atoms with van der Waals surface area (Å²) in [4.78, 5) is 18.3. The van der Waals surface area contributed by atoms with Gasteiger partial charge in [0.1, 0.15) is 0 Å². The number of amides is 1. The van der Waals surface area contributed by atoms with Crippen molar-refractivity contribution in [3.8, 4) is 0 Å². The van der Waals surface area contributed by atoms with Crippen molar-refractivity contribution in [2.24, 2.45) is 5.73 Å². The smallest absolute Gasteiger partial charge is 0.240 e. The predicted molar refractivity (Wildman–Crippen MR) is 70.7 cm³/mol. The number of nitrogens with zero attached hydrogens (tertiary/aromatic N) is 2. The minimum atomic E-state index is -0.472. The lowest BCUT2D eigenvalue weighted by Gasteiger charge is -2.27. The Bertz CT molecular complexity index is 418. The fraction of sp³-hybridized carbons (Fsp3) is 0.429. The molecule has 1 amide bonds. The van der Waals surface area contributed by atoms with Crippen LogP contribution in [0.3, 0.4) is 0 Å². The lowest BCUT2D eigenvalue weighted by atomic mass is 10.1. The van der Waals surface area contributed by atoms with E-state index >= 15 is 0 Å². The van der Waals surface area contributed by atoms with Crippen molar-refractivity contribution >= 4 is 5.91 Å². The third-order valence-corrected chi connectivity index (χ3v) is 3.34. The van der Waals surface area contributed by atoms with Crippen LogP contribution in [0, 0.1) is 0 Å². The SMILES string of the molecule is C=CCC(N)C(=O)N1CCCC1c1cccnc1. The van der Waals surface area contributed by atoms with Gasteiger partial charge in [-0.05, 0) is 30.9 Å². The molecule has 0 saturated carbocycles. The highest BCUT2D eigenvalue weighted by Crippen LogP contribution is 2.31. The number of pyridine rings is 1. The van der Waals surface area contributed by atoms with E-state index in [1.165, 1.54) is 0 Å². The zero-order chi connectivity index (χ0) is 13.0. The summed E-state index contributed by atoms with van der Waals surface area (Å²) in [6, 6.07) is 3.57. The molecule has 0 aliphatic carbocycles. The maximum absolute atomic E-state index is 12.3. The lowest BCUT2D eigenvalue weighted by molar-refractivity contribution is -0.133. The maximum Gasteiger partial charge on any atom is 0.240 e. The molecule has 96 valence electrons. The Kier molecular flexibility index (Phi) is 4.10. The van der Waals surface area contributed by atoms with Crippen LogP contribution in [-0.2, 0) is 4.79 Å². The first-order valence-electron chi connectivity index (χ1n) is 6.31. The summed E-state index contributed by atoms with van der Waals surface area (Å²) in [6.07, 6.45) is 7.79. The van der Waals surface area contributed by atoms with Crippen LogP contribution in [0.15, 0.2) is 37.2 Å². The monoisotopic (exact) mass is 245 g/mol. The highest BCUT2D eigenvalue weighted by Gasteiger charge is 2.32. The second kappa shape index (κ2) is 5.78. The molecule has 2 atom stereocenters. The number of likely N-dealkylation sites (tertiary alicyclic amines) is 1. The van der Waals surface area contributed by atoms with Gasteiger partial charge in [-0.1, -0.05) is 12.1 Å². The molecular weight excluding hydrogens is 226 g/mol. The third-order valence-electron chi connectivity index (χ3n) is 3.34. The molecule has 1 aliphatic heterocycles. The van der Waals surface area contributed by atoms with Crippen LogP contribution in [0.2, 0.25) is 0 Å². The van der Waals surface area contributed by atoms with Gasteiger partial charge in [-0.25, -0.2) is 0 Å². The number of rotatable bonds is 4. The van der Waals surface area contributed by atoms with Gasteiger partial charge in [-0.3, -0.25) is 9.78 Å². The molecule has 0 aromatic carbocycles. The number of carbonyl (C=O) groups is 1. The van der Waals surface area contributed by atoms with E-state index in [0.717, 1.165) is 24.9 Å². The molecule has 18 heavy (non-hydrogen) atoms. The Morgan fingerprint density at radius 2 is 2.56 bits per heavy atom. The molecule has 0 bridgehead atoms. The summed E-state index contributed by atoms with van der Waals surface area (Å²) in [5.41, 5.74) is 6.96. The molecule has 0 radical (unpaired) electrons. The van der Waals surface area contributed by atoms with E-state index in [1.807, 2.05) is 23.2 Å². The fourth-order valence-corrected chi connectivity index (χ4v) is 2.44. The van der Waals surface area contributed by atoms with E-state index in [1.54, 1.807) is 12.3 Å². The van der Waals surface area contributed by atoms with E-state index in [4.69, 9.17) is 5.73 Å². The average molecular weight is 245 g/mol. The molecule has 2 rings (SSSR count). The average Bonchev–Trinajstić information content (AvgIpc) is 2.88. The van der Waals surface area contributed by atoms with Crippen molar-refractivity contribution < 1.29 is 4.79 Å². The van der Waals surface area contributed by atoms with Crippen LogP contribution in [0.1, 0.15) is 30.9 Å². The molecule has 1 aromatic rings. The Morgan fingerprint density at radius 1 is 1.72 bits per heavy atom. The van der Waals surface area contributed by atoms with E-state index in [0.29, 0.717) is 6.42 Å². The highest BCUT2D eigenvalue weighted by molar-refractivity contribution is 5.82. The van der Waals surface area contributed by atoms with Crippen LogP contribution in [0.25, 0.3) is 0 Å². The standard InChI is InChI=1S/C14H19N3O/c1-2-5-12(15)14(18)17-9-4-7-13(17)11-6-3-8-16-10-11/h2-3,6,8,10,12-13H,1,4-5,7,9,15H2. The molecule has 4 nitrogen and oxygen atoms in total. The molecule has 1 aromatic heterocycles. The number of hydrogen-bond acceptors (Lipinski definition) is 3. The van der Waals surface area contributed by atoms with Gasteiger partial charge in [-0.2, -0.15) is 0 Å². The second-order valence-corrected chi connectivity index (χ2v) is 4.61. The van der Waals surface area contributed by atoms with Gasteiger partial charge in [0.2, 0.25) is 5.91 Å². The molecule has 4 heteroatoms. The first-order chi connectivity index (χ1) is 8.74. The summed E-state index contributed by atoms with van der Waals surface area (Å²) in [5, 5.41) is 0. The Hall–Kier alpha value is -1.68. The predicted octanol–water partition coefficient (Wildman–Crippen LogP) is 1.65. The zero-order valence-corrected chi connectivity index (χ0v) is 10.5.